The van der Waals surface area contributed by atoms with Gasteiger partial charge in [0.2, 0.25) is 0 Å². The number of hydrazone groups is 1. The zero-order valence-electron chi connectivity index (χ0n) is 23.4. The number of hydrogen-bond acceptors (Lipinski definition) is 5. The van der Waals surface area contributed by atoms with E-state index in [2.05, 4.69) is 23.5 Å². The third kappa shape index (κ3) is 5.88. The Labute approximate surface area is 245 Å². The molecular weight excluding hydrogens is 526 g/mol. The van der Waals surface area contributed by atoms with Gasteiger partial charge < -0.3 is 5.32 Å². The third-order valence-corrected chi connectivity index (χ3v) is 7.98. The Kier molecular flexibility index (Phi) is 7.94. The lowest BCUT2D eigenvalue weighted by atomic mass is 9.82. The lowest BCUT2D eigenvalue weighted by molar-refractivity contribution is -0.384. The summed E-state index contributed by atoms with van der Waals surface area (Å²) in [5.41, 5.74) is 6.15. The number of rotatable bonds is 8. The molecule has 0 saturated heterocycles. The molecule has 1 saturated carbocycles. The van der Waals surface area contributed by atoms with Crippen LogP contribution in [0.4, 0.5) is 27.5 Å². The highest BCUT2D eigenvalue weighted by Crippen LogP contribution is 2.39. The Morgan fingerprint density at radius 2 is 1.50 bits per heavy atom. The quantitative estimate of drug-likeness (QED) is 0.174. The van der Waals surface area contributed by atoms with E-state index in [1.54, 1.807) is 22.0 Å². The fourth-order valence-electron chi connectivity index (χ4n) is 5.80. The van der Waals surface area contributed by atoms with Crippen molar-refractivity contribution in [2.24, 2.45) is 11.0 Å². The summed E-state index contributed by atoms with van der Waals surface area (Å²) in [6, 6.07) is 32.0. The van der Waals surface area contributed by atoms with E-state index in [0.717, 1.165) is 53.9 Å². The van der Waals surface area contributed by atoms with Crippen molar-refractivity contribution in [1.29, 1.82) is 0 Å². The minimum Gasteiger partial charge on any atom is -0.381 e. The molecule has 0 atom stereocenters. The largest absolute Gasteiger partial charge is 0.381 e. The first-order valence-electron chi connectivity index (χ1n) is 14.5. The standard InChI is InChI=1S/C34H33N5O3/c40-34-37(24-26-12-6-2-7-13-26)36-33(27-14-8-3-9-15-27)31-22-28(35-23-25-10-4-1-5-11-25)16-21-32(31)38(34)29-17-19-30(20-18-29)39(41)42/h1-2,4-7,10-13,16-22,27,35H,3,8-9,14-15,23-24H2. The molecule has 1 N–H and O–H groups in total. The summed E-state index contributed by atoms with van der Waals surface area (Å²) in [6.07, 6.45) is 5.50. The zero-order valence-corrected chi connectivity index (χ0v) is 23.4. The SMILES string of the molecule is O=C1N(Cc2ccccc2)N=C(C2CCCCC2)c2cc(NCc3ccccc3)ccc2N1c1ccc([N+](=O)[O-])cc1. The van der Waals surface area contributed by atoms with Gasteiger partial charge >= 0.3 is 6.03 Å². The van der Waals surface area contributed by atoms with E-state index in [1.165, 1.54) is 24.1 Å². The molecule has 4 aromatic carbocycles. The van der Waals surface area contributed by atoms with Crippen LogP contribution in [0.5, 0.6) is 0 Å². The summed E-state index contributed by atoms with van der Waals surface area (Å²) < 4.78 is 0. The Morgan fingerprint density at radius 3 is 2.17 bits per heavy atom. The molecule has 6 rings (SSSR count). The average Bonchev–Trinajstić information content (AvgIpc) is 3.15. The van der Waals surface area contributed by atoms with E-state index in [0.29, 0.717) is 18.8 Å². The van der Waals surface area contributed by atoms with Crippen LogP contribution in [0.1, 0.15) is 48.8 Å². The van der Waals surface area contributed by atoms with Crippen molar-refractivity contribution in [3.63, 3.8) is 0 Å². The summed E-state index contributed by atoms with van der Waals surface area (Å²) in [5, 5.41) is 21.6. The maximum absolute atomic E-state index is 14.4. The van der Waals surface area contributed by atoms with Crippen LogP contribution < -0.4 is 10.2 Å². The van der Waals surface area contributed by atoms with Crippen molar-refractivity contribution in [2.45, 2.75) is 45.2 Å². The Hall–Kier alpha value is -4.98. The minimum absolute atomic E-state index is 0.0259. The second-order valence-electron chi connectivity index (χ2n) is 10.8. The van der Waals surface area contributed by atoms with Crippen LogP contribution in [-0.2, 0) is 13.1 Å². The highest BCUT2D eigenvalue weighted by molar-refractivity contribution is 6.14. The zero-order chi connectivity index (χ0) is 28.9. The normalized spacial score (nSPS) is 15.5. The van der Waals surface area contributed by atoms with Crippen molar-refractivity contribution >= 4 is 34.5 Å². The van der Waals surface area contributed by atoms with Gasteiger partial charge in [0.15, 0.2) is 0 Å². The number of hydrogen-bond donors (Lipinski definition) is 1. The number of carbonyl (C=O) groups excluding carboxylic acids is 1. The third-order valence-electron chi connectivity index (χ3n) is 7.98. The van der Waals surface area contributed by atoms with Gasteiger partial charge in [0.05, 0.1) is 28.6 Å². The predicted molar refractivity (Wildman–Crippen MR) is 166 cm³/mol. The molecule has 2 aliphatic rings. The van der Waals surface area contributed by atoms with E-state index in [-0.39, 0.29) is 17.6 Å². The highest BCUT2D eigenvalue weighted by Gasteiger charge is 2.34. The number of nitrogens with zero attached hydrogens (tertiary/aromatic N) is 4. The number of nitro groups is 1. The Bertz CT molecular complexity index is 1580. The van der Waals surface area contributed by atoms with Gasteiger partial charge in [-0.05, 0) is 54.3 Å². The number of non-ortho nitro benzene ring substituents is 1. The molecule has 2 amide bonds. The average molecular weight is 560 g/mol. The first-order valence-corrected chi connectivity index (χ1v) is 14.5. The molecular formula is C34H33N5O3. The molecule has 212 valence electrons. The molecule has 42 heavy (non-hydrogen) atoms. The van der Waals surface area contributed by atoms with Crippen molar-refractivity contribution in [1.82, 2.24) is 5.01 Å². The molecule has 1 aliphatic heterocycles. The van der Waals surface area contributed by atoms with Crippen LogP contribution >= 0.6 is 0 Å². The van der Waals surface area contributed by atoms with Crippen molar-refractivity contribution in [2.75, 3.05) is 10.2 Å². The highest BCUT2D eigenvalue weighted by atomic mass is 16.6. The number of carbonyl (C=O) groups is 1. The molecule has 8 nitrogen and oxygen atoms in total. The van der Waals surface area contributed by atoms with Gasteiger partial charge in [-0.3, -0.25) is 15.0 Å². The Balaban J connectivity index is 1.46. The molecule has 0 radical (unpaired) electrons. The maximum atomic E-state index is 14.4. The smallest absolute Gasteiger partial charge is 0.349 e. The molecule has 4 aromatic rings. The Morgan fingerprint density at radius 1 is 0.833 bits per heavy atom. The lowest BCUT2D eigenvalue weighted by Crippen LogP contribution is -2.36. The van der Waals surface area contributed by atoms with Gasteiger partial charge in [-0.2, -0.15) is 5.10 Å². The van der Waals surface area contributed by atoms with Crippen molar-refractivity contribution < 1.29 is 9.72 Å². The van der Waals surface area contributed by atoms with Gasteiger partial charge in [-0.1, -0.05) is 79.9 Å². The number of anilines is 3. The van der Waals surface area contributed by atoms with Gasteiger partial charge in [0.1, 0.15) is 0 Å². The van der Waals surface area contributed by atoms with Gasteiger partial charge in [0.25, 0.3) is 5.69 Å². The molecule has 1 fully saturated rings. The molecule has 0 spiro atoms. The van der Waals surface area contributed by atoms with Crippen molar-refractivity contribution in [3.05, 3.63) is 130 Å². The topological polar surface area (TPSA) is 91.1 Å². The second kappa shape index (κ2) is 12.3. The number of amides is 2. The summed E-state index contributed by atoms with van der Waals surface area (Å²) >= 11 is 0. The number of fused-ring (bicyclic) bond motifs is 1. The van der Waals surface area contributed by atoms with E-state index < -0.39 is 4.92 Å². The summed E-state index contributed by atoms with van der Waals surface area (Å²) in [7, 11) is 0. The van der Waals surface area contributed by atoms with Crippen LogP contribution in [0.2, 0.25) is 0 Å². The number of nitrogens with one attached hydrogen (secondary N) is 1. The van der Waals surface area contributed by atoms with Crippen molar-refractivity contribution in [3.8, 4) is 0 Å². The predicted octanol–water partition coefficient (Wildman–Crippen LogP) is 8.27. The van der Waals surface area contributed by atoms with E-state index in [1.807, 2.05) is 60.7 Å². The van der Waals surface area contributed by atoms with Crippen LogP contribution in [0.15, 0.2) is 108 Å². The summed E-state index contributed by atoms with van der Waals surface area (Å²) in [5.74, 6) is 0.227. The molecule has 0 aromatic heterocycles. The molecule has 0 unspecified atom stereocenters. The van der Waals surface area contributed by atoms with Gasteiger partial charge in [-0.15, -0.1) is 0 Å². The number of urea groups is 1. The van der Waals surface area contributed by atoms with E-state index in [4.69, 9.17) is 5.10 Å². The van der Waals surface area contributed by atoms with Crippen LogP contribution in [0.3, 0.4) is 0 Å². The molecule has 1 heterocycles. The van der Waals surface area contributed by atoms with Gasteiger partial charge in [0, 0.05) is 35.8 Å². The van der Waals surface area contributed by atoms with E-state index in [9.17, 15) is 14.9 Å². The molecule has 8 heteroatoms. The van der Waals surface area contributed by atoms with Crippen LogP contribution in [0, 0.1) is 16.0 Å². The van der Waals surface area contributed by atoms with Crippen LogP contribution in [0.25, 0.3) is 0 Å². The number of benzene rings is 4. The summed E-state index contributed by atoms with van der Waals surface area (Å²) in [6.45, 7) is 0.979. The van der Waals surface area contributed by atoms with Gasteiger partial charge in [-0.25, -0.2) is 9.80 Å². The fraction of sp³-hybridized carbons (Fsp3) is 0.235. The van der Waals surface area contributed by atoms with Crippen LogP contribution in [-0.4, -0.2) is 21.7 Å². The molecule has 1 aliphatic carbocycles. The maximum Gasteiger partial charge on any atom is 0.349 e. The monoisotopic (exact) mass is 559 g/mol. The molecule has 0 bridgehead atoms. The second-order valence-corrected chi connectivity index (χ2v) is 10.8. The first-order chi connectivity index (χ1) is 20.6. The summed E-state index contributed by atoms with van der Waals surface area (Å²) in [4.78, 5) is 26.9. The number of nitro benzene ring substituents is 1. The minimum atomic E-state index is -0.432. The first kappa shape index (κ1) is 27.2. The fourth-order valence-corrected chi connectivity index (χ4v) is 5.80. The van der Waals surface area contributed by atoms with E-state index >= 15 is 0 Å². The lowest BCUT2D eigenvalue weighted by Gasteiger charge is -2.27.